The monoisotopic (exact) mass is 410 g/mol. The molecule has 1 aromatic rings. The molecule has 158 valence electrons. The fourth-order valence-electron chi connectivity index (χ4n) is 3.18. The van der Waals surface area contributed by atoms with Crippen LogP contribution in [0.15, 0.2) is 6.08 Å². The van der Waals surface area contributed by atoms with Crippen molar-refractivity contribution in [2.75, 3.05) is 26.7 Å². The van der Waals surface area contributed by atoms with Gasteiger partial charge in [-0.3, -0.25) is 9.28 Å². The minimum absolute atomic E-state index is 0.165. The molecule has 2 unspecified atom stereocenters. The van der Waals surface area contributed by atoms with E-state index in [9.17, 15) is 4.79 Å². The fraction of sp³-hybridized carbons (Fsp3) is 0.762. The number of quaternary nitrogens is 1. The number of aromatic nitrogens is 2. The minimum Gasteiger partial charge on any atom is -0.475 e. The van der Waals surface area contributed by atoms with E-state index >= 15 is 0 Å². The van der Waals surface area contributed by atoms with Crippen molar-refractivity contribution >= 4 is 23.3 Å². The van der Waals surface area contributed by atoms with Gasteiger partial charge in [0.1, 0.15) is 12.2 Å². The molecule has 28 heavy (non-hydrogen) atoms. The SMILES string of the molecule is CCCCCCOc1nsnc1C1=CCC[N+](C)(C(C)OC(=O)C(C)(C)C)C1. The van der Waals surface area contributed by atoms with Crippen LogP contribution in [-0.4, -0.2) is 52.2 Å². The molecule has 0 saturated carbocycles. The number of rotatable bonds is 9. The van der Waals surface area contributed by atoms with Crippen molar-refractivity contribution in [1.82, 2.24) is 8.75 Å². The first-order valence-electron chi connectivity index (χ1n) is 10.4. The van der Waals surface area contributed by atoms with Crippen LogP contribution in [0.3, 0.4) is 0 Å². The van der Waals surface area contributed by atoms with E-state index < -0.39 is 5.41 Å². The third-order valence-corrected chi connectivity index (χ3v) is 5.84. The Bertz CT molecular complexity index is 681. The van der Waals surface area contributed by atoms with E-state index in [1.54, 1.807) is 0 Å². The highest BCUT2D eigenvalue weighted by Crippen LogP contribution is 2.32. The van der Waals surface area contributed by atoms with Crippen LogP contribution >= 0.6 is 11.7 Å². The fourth-order valence-corrected chi connectivity index (χ4v) is 3.71. The standard InChI is InChI=1S/C21H36N3O3S/c1-7-8-9-10-14-26-19-18(22-28-23-19)17-12-11-13-24(6,15-17)16(2)27-20(25)21(3,4)5/h12,16H,7-11,13-15H2,1-6H3/q+1. The largest absolute Gasteiger partial charge is 0.475 e. The van der Waals surface area contributed by atoms with E-state index in [4.69, 9.17) is 9.47 Å². The predicted molar refractivity (Wildman–Crippen MR) is 113 cm³/mol. The number of unbranched alkanes of at least 4 members (excludes halogenated alkanes) is 3. The van der Waals surface area contributed by atoms with Crippen LogP contribution < -0.4 is 4.74 Å². The van der Waals surface area contributed by atoms with Crippen molar-refractivity contribution in [3.63, 3.8) is 0 Å². The summed E-state index contributed by atoms with van der Waals surface area (Å²) < 4.78 is 21.2. The van der Waals surface area contributed by atoms with Gasteiger partial charge >= 0.3 is 5.97 Å². The van der Waals surface area contributed by atoms with Crippen molar-refractivity contribution in [3.05, 3.63) is 11.8 Å². The molecule has 7 heteroatoms. The van der Waals surface area contributed by atoms with Gasteiger partial charge < -0.3 is 9.47 Å². The summed E-state index contributed by atoms with van der Waals surface area (Å²) in [5.41, 5.74) is 1.48. The summed E-state index contributed by atoms with van der Waals surface area (Å²) in [4.78, 5) is 12.3. The molecule has 0 aromatic carbocycles. The van der Waals surface area contributed by atoms with Crippen LogP contribution in [0.5, 0.6) is 5.88 Å². The highest BCUT2D eigenvalue weighted by atomic mass is 32.1. The molecule has 0 radical (unpaired) electrons. The summed E-state index contributed by atoms with van der Waals surface area (Å²) in [7, 11) is 2.14. The van der Waals surface area contributed by atoms with Crippen molar-refractivity contribution in [2.45, 2.75) is 73.0 Å². The van der Waals surface area contributed by atoms with Gasteiger partial charge in [0.05, 0.1) is 37.3 Å². The maximum Gasteiger partial charge on any atom is 0.315 e. The van der Waals surface area contributed by atoms with Gasteiger partial charge in [-0.15, -0.1) is 4.37 Å². The van der Waals surface area contributed by atoms with Gasteiger partial charge in [0.15, 0.2) is 0 Å². The quantitative estimate of drug-likeness (QED) is 0.336. The van der Waals surface area contributed by atoms with E-state index in [0.717, 1.165) is 37.2 Å². The molecule has 6 nitrogen and oxygen atoms in total. The molecular weight excluding hydrogens is 374 g/mol. The molecule has 0 aliphatic carbocycles. The van der Waals surface area contributed by atoms with Gasteiger partial charge in [0.2, 0.25) is 6.23 Å². The summed E-state index contributed by atoms with van der Waals surface area (Å²) >= 11 is 1.19. The molecule has 0 fully saturated rings. The van der Waals surface area contributed by atoms with Crippen LogP contribution in [0.2, 0.25) is 0 Å². The van der Waals surface area contributed by atoms with Crippen LogP contribution in [-0.2, 0) is 9.53 Å². The third-order valence-electron chi connectivity index (χ3n) is 5.33. The van der Waals surface area contributed by atoms with E-state index in [-0.39, 0.29) is 12.2 Å². The summed E-state index contributed by atoms with van der Waals surface area (Å²) in [6.07, 6.45) is 7.58. The first kappa shape index (κ1) is 22.8. The molecule has 0 amide bonds. The van der Waals surface area contributed by atoms with Gasteiger partial charge in [0, 0.05) is 18.9 Å². The zero-order valence-corrected chi connectivity index (χ0v) is 19.1. The molecule has 1 aliphatic rings. The van der Waals surface area contributed by atoms with E-state index in [1.165, 1.54) is 31.0 Å². The van der Waals surface area contributed by atoms with E-state index in [1.807, 2.05) is 27.7 Å². The smallest absolute Gasteiger partial charge is 0.315 e. The Morgan fingerprint density at radius 2 is 2.04 bits per heavy atom. The summed E-state index contributed by atoms with van der Waals surface area (Å²) in [5, 5.41) is 0. The van der Waals surface area contributed by atoms with Crippen molar-refractivity contribution in [2.24, 2.45) is 5.41 Å². The topological polar surface area (TPSA) is 61.3 Å². The molecule has 2 rings (SSSR count). The van der Waals surface area contributed by atoms with Crippen LogP contribution in [0, 0.1) is 5.41 Å². The molecule has 0 spiro atoms. The molecule has 0 N–H and O–H groups in total. The number of esters is 1. The predicted octanol–water partition coefficient (Wildman–Crippen LogP) is 4.67. The normalized spacial score (nSPS) is 21.1. The minimum atomic E-state index is -0.501. The van der Waals surface area contributed by atoms with Gasteiger partial charge in [-0.1, -0.05) is 32.3 Å². The van der Waals surface area contributed by atoms with Crippen molar-refractivity contribution in [3.8, 4) is 5.88 Å². The first-order chi connectivity index (χ1) is 13.2. The molecule has 0 saturated heterocycles. The van der Waals surface area contributed by atoms with Crippen molar-refractivity contribution in [1.29, 1.82) is 0 Å². The zero-order chi connectivity index (χ0) is 20.8. The van der Waals surface area contributed by atoms with Gasteiger partial charge in [0.25, 0.3) is 5.88 Å². The molecule has 2 atom stereocenters. The lowest BCUT2D eigenvalue weighted by Gasteiger charge is -2.41. The Morgan fingerprint density at radius 3 is 2.71 bits per heavy atom. The Labute approximate surface area is 173 Å². The average molecular weight is 411 g/mol. The van der Waals surface area contributed by atoms with Crippen LogP contribution in [0.4, 0.5) is 0 Å². The highest BCUT2D eigenvalue weighted by Gasteiger charge is 2.38. The highest BCUT2D eigenvalue weighted by molar-refractivity contribution is 6.99. The second-order valence-electron chi connectivity index (χ2n) is 8.96. The summed E-state index contributed by atoms with van der Waals surface area (Å²) in [5.74, 6) is 0.474. The third kappa shape index (κ3) is 6.01. The van der Waals surface area contributed by atoms with E-state index in [0.29, 0.717) is 17.0 Å². The lowest BCUT2D eigenvalue weighted by Crippen LogP contribution is -2.55. The number of likely N-dealkylation sites (N-methyl/N-ethyl adjacent to an activating group) is 1. The number of hydrogen-bond donors (Lipinski definition) is 0. The number of nitrogens with zero attached hydrogens (tertiary/aromatic N) is 3. The van der Waals surface area contributed by atoms with Crippen molar-refractivity contribution < 1.29 is 18.8 Å². The Kier molecular flexibility index (Phi) is 8.01. The maximum absolute atomic E-state index is 12.3. The number of ether oxygens (including phenoxy) is 2. The molecular formula is C21H36N3O3S+. The second kappa shape index (κ2) is 9.83. The summed E-state index contributed by atoms with van der Waals surface area (Å²) in [6, 6.07) is 0. The Hall–Kier alpha value is -1.47. The number of hydrogen-bond acceptors (Lipinski definition) is 6. The Morgan fingerprint density at radius 1 is 1.29 bits per heavy atom. The van der Waals surface area contributed by atoms with E-state index in [2.05, 4.69) is 28.8 Å². The molecule has 2 heterocycles. The molecule has 1 aromatic heterocycles. The first-order valence-corrected chi connectivity index (χ1v) is 11.1. The number of carbonyl (C=O) groups is 1. The molecule has 1 aliphatic heterocycles. The Balaban J connectivity index is 2.02. The number of carbonyl (C=O) groups excluding carboxylic acids is 1. The summed E-state index contributed by atoms with van der Waals surface area (Å²) in [6.45, 7) is 12.2. The van der Waals surface area contributed by atoms with Crippen LogP contribution in [0.1, 0.15) is 72.4 Å². The van der Waals surface area contributed by atoms with Crippen LogP contribution in [0.25, 0.3) is 5.57 Å². The maximum atomic E-state index is 12.3. The lowest BCUT2D eigenvalue weighted by molar-refractivity contribution is -0.944. The lowest BCUT2D eigenvalue weighted by atomic mass is 9.97. The van der Waals surface area contributed by atoms with Gasteiger partial charge in [-0.05, 0) is 27.2 Å². The van der Waals surface area contributed by atoms with Gasteiger partial charge in [-0.25, -0.2) is 0 Å². The van der Waals surface area contributed by atoms with Gasteiger partial charge in [-0.2, -0.15) is 4.37 Å². The average Bonchev–Trinajstić information content (AvgIpc) is 3.09. The zero-order valence-electron chi connectivity index (χ0n) is 18.3. The molecule has 0 bridgehead atoms. The second-order valence-corrected chi connectivity index (χ2v) is 9.49.